The Morgan fingerprint density at radius 1 is 1.23 bits per heavy atom. The largest absolute Gasteiger partial charge is 0.360 e. The lowest BCUT2D eigenvalue weighted by Crippen LogP contribution is -2.32. The molecular weight excluding hydrogens is 420 g/mol. The second-order valence-electron chi connectivity index (χ2n) is 7.62. The molecule has 1 aromatic carbocycles. The molecule has 31 heavy (non-hydrogen) atoms. The molecular formula is C21H28N4O5S. The first-order valence-electron chi connectivity index (χ1n) is 10.4. The molecule has 0 radical (unpaired) electrons. The Labute approximate surface area is 182 Å². The highest BCUT2D eigenvalue weighted by Crippen LogP contribution is 2.28. The number of rotatable bonds is 9. The van der Waals surface area contributed by atoms with Crippen molar-refractivity contribution in [2.75, 3.05) is 29.9 Å². The van der Waals surface area contributed by atoms with E-state index >= 15 is 0 Å². The fourth-order valence-corrected chi connectivity index (χ4v) is 5.21. The van der Waals surface area contributed by atoms with E-state index in [1.165, 1.54) is 21.3 Å². The van der Waals surface area contributed by atoms with Gasteiger partial charge in [-0.05, 0) is 44.0 Å². The number of nitrogens with one attached hydrogen (secondary N) is 1. The van der Waals surface area contributed by atoms with Crippen LogP contribution in [-0.4, -0.2) is 49.3 Å². The predicted molar refractivity (Wildman–Crippen MR) is 116 cm³/mol. The molecule has 1 aromatic heterocycles. The molecule has 1 atom stereocenters. The fourth-order valence-electron chi connectivity index (χ4n) is 3.58. The van der Waals surface area contributed by atoms with Gasteiger partial charge in [0.15, 0.2) is 5.82 Å². The molecule has 2 heterocycles. The van der Waals surface area contributed by atoms with E-state index in [1.807, 2.05) is 13.8 Å². The number of sulfonamides is 1. The zero-order valence-corrected chi connectivity index (χ0v) is 18.8. The summed E-state index contributed by atoms with van der Waals surface area (Å²) in [6, 6.07) is 7.86. The van der Waals surface area contributed by atoms with Gasteiger partial charge in [0.25, 0.3) is 0 Å². The van der Waals surface area contributed by atoms with Gasteiger partial charge in [-0.3, -0.25) is 9.59 Å². The molecule has 1 N–H and O–H groups in total. The topological polar surface area (TPSA) is 113 Å². The maximum atomic E-state index is 12.9. The molecule has 1 aliphatic rings. The van der Waals surface area contributed by atoms with Crippen molar-refractivity contribution < 1.29 is 22.5 Å². The minimum atomic E-state index is -3.59. The first-order chi connectivity index (χ1) is 14.8. The first kappa shape index (κ1) is 23.0. The van der Waals surface area contributed by atoms with E-state index in [0.29, 0.717) is 30.4 Å². The van der Waals surface area contributed by atoms with Crippen LogP contribution in [0.15, 0.2) is 39.8 Å². The minimum Gasteiger partial charge on any atom is -0.360 e. The number of benzene rings is 1. The van der Waals surface area contributed by atoms with Crippen molar-refractivity contribution in [3.63, 3.8) is 0 Å². The van der Waals surface area contributed by atoms with E-state index in [1.54, 1.807) is 25.1 Å². The van der Waals surface area contributed by atoms with Gasteiger partial charge < -0.3 is 14.7 Å². The molecule has 1 fully saturated rings. The molecule has 0 aliphatic carbocycles. The van der Waals surface area contributed by atoms with E-state index in [0.717, 1.165) is 12.8 Å². The Morgan fingerprint density at radius 3 is 2.42 bits per heavy atom. The zero-order chi connectivity index (χ0) is 22.6. The van der Waals surface area contributed by atoms with Crippen molar-refractivity contribution in [2.45, 2.75) is 44.9 Å². The number of aromatic nitrogens is 1. The number of hydrogen-bond donors (Lipinski definition) is 1. The lowest BCUT2D eigenvalue weighted by molar-refractivity contribution is -0.122. The van der Waals surface area contributed by atoms with Gasteiger partial charge in [-0.1, -0.05) is 19.0 Å². The van der Waals surface area contributed by atoms with Crippen LogP contribution >= 0.6 is 0 Å². The third-order valence-corrected chi connectivity index (χ3v) is 7.02. The lowest BCUT2D eigenvalue weighted by atomic mass is 10.1. The molecule has 168 valence electrons. The van der Waals surface area contributed by atoms with Crippen LogP contribution in [0.5, 0.6) is 0 Å². The summed E-state index contributed by atoms with van der Waals surface area (Å²) >= 11 is 0. The van der Waals surface area contributed by atoms with Crippen LogP contribution in [0.25, 0.3) is 0 Å². The van der Waals surface area contributed by atoms with Gasteiger partial charge in [0.1, 0.15) is 5.76 Å². The van der Waals surface area contributed by atoms with Crippen molar-refractivity contribution in [3.05, 3.63) is 36.1 Å². The summed E-state index contributed by atoms with van der Waals surface area (Å²) in [4.78, 5) is 26.7. The van der Waals surface area contributed by atoms with E-state index in [4.69, 9.17) is 4.52 Å². The zero-order valence-electron chi connectivity index (χ0n) is 18.0. The quantitative estimate of drug-likeness (QED) is 0.631. The number of nitrogens with zero attached hydrogens (tertiary/aromatic N) is 3. The molecule has 0 saturated carbocycles. The summed E-state index contributed by atoms with van der Waals surface area (Å²) in [5, 5.41) is 6.39. The monoisotopic (exact) mass is 448 g/mol. The Morgan fingerprint density at radius 2 is 1.87 bits per heavy atom. The Hall–Kier alpha value is -2.72. The number of carbonyl (C=O) groups excluding carboxylic acids is 2. The molecule has 0 spiro atoms. The van der Waals surface area contributed by atoms with E-state index in [-0.39, 0.29) is 29.7 Å². The van der Waals surface area contributed by atoms with Gasteiger partial charge in [0, 0.05) is 37.8 Å². The third kappa shape index (κ3) is 5.13. The smallest absolute Gasteiger partial charge is 0.243 e. The number of carbonyl (C=O) groups is 2. The average Bonchev–Trinajstić information content (AvgIpc) is 3.33. The molecule has 1 aliphatic heterocycles. The maximum absolute atomic E-state index is 12.9. The average molecular weight is 449 g/mol. The Bertz CT molecular complexity index is 1030. The van der Waals surface area contributed by atoms with Crippen LogP contribution in [0, 0.1) is 12.8 Å². The van der Waals surface area contributed by atoms with Crippen molar-refractivity contribution in [3.8, 4) is 0 Å². The fraction of sp³-hybridized carbons (Fsp3) is 0.476. The minimum absolute atomic E-state index is 0.0729. The van der Waals surface area contributed by atoms with Gasteiger partial charge in [-0.15, -0.1) is 0 Å². The summed E-state index contributed by atoms with van der Waals surface area (Å²) in [6.45, 7) is 6.74. The summed E-state index contributed by atoms with van der Waals surface area (Å²) in [5.74, 6) is -0.140. The molecule has 9 nitrogen and oxygen atoms in total. The van der Waals surface area contributed by atoms with Crippen molar-refractivity contribution >= 4 is 33.3 Å². The van der Waals surface area contributed by atoms with Crippen LogP contribution in [-0.2, 0) is 19.6 Å². The van der Waals surface area contributed by atoms with Gasteiger partial charge in [-0.2, -0.15) is 4.31 Å². The van der Waals surface area contributed by atoms with E-state index in [2.05, 4.69) is 10.5 Å². The first-order valence-corrected chi connectivity index (χ1v) is 11.8. The molecule has 3 rings (SSSR count). The predicted octanol–water partition coefficient (Wildman–Crippen LogP) is 2.79. The van der Waals surface area contributed by atoms with E-state index in [9.17, 15) is 18.0 Å². The van der Waals surface area contributed by atoms with Gasteiger partial charge in [0.2, 0.25) is 21.8 Å². The van der Waals surface area contributed by atoms with Gasteiger partial charge >= 0.3 is 0 Å². The number of hydrogen-bond acceptors (Lipinski definition) is 6. The molecule has 1 saturated heterocycles. The summed E-state index contributed by atoms with van der Waals surface area (Å²) < 4.78 is 32.2. The van der Waals surface area contributed by atoms with Crippen LogP contribution in [0.1, 0.15) is 38.9 Å². The van der Waals surface area contributed by atoms with Gasteiger partial charge in [0.05, 0.1) is 10.8 Å². The van der Waals surface area contributed by atoms with Crippen LogP contribution in [0.2, 0.25) is 0 Å². The van der Waals surface area contributed by atoms with Crippen molar-refractivity contribution in [2.24, 2.45) is 5.92 Å². The number of anilines is 2. The van der Waals surface area contributed by atoms with Crippen LogP contribution in [0.4, 0.5) is 11.5 Å². The standard InChI is InChI=1S/C21H28N4O5S/c1-4-10-24(11-5-2)31(28,29)18-8-6-17(7-9-18)25-14-16(13-20(25)26)21(27)22-19-12-15(3)30-23-19/h6-9,12,16H,4-5,10-11,13-14H2,1-3H3,(H,22,23,27)/t16-/m0/s1. The highest BCUT2D eigenvalue weighted by atomic mass is 32.2. The Balaban J connectivity index is 1.70. The SMILES string of the molecule is CCCN(CCC)S(=O)(=O)c1ccc(N2C[C@@H](C(=O)Nc3cc(C)on3)CC2=O)cc1. The van der Waals surface area contributed by atoms with Gasteiger partial charge in [-0.25, -0.2) is 8.42 Å². The lowest BCUT2D eigenvalue weighted by Gasteiger charge is -2.22. The molecule has 2 amide bonds. The van der Waals surface area contributed by atoms with Crippen molar-refractivity contribution in [1.82, 2.24) is 9.46 Å². The van der Waals surface area contributed by atoms with Crippen molar-refractivity contribution in [1.29, 1.82) is 0 Å². The molecule has 0 unspecified atom stereocenters. The van der Waals surface area contributed by atoms with Crippen LogP contribution in [0.3, 0.4) is 0 Å². The molecule has 0 bridgehead atoms. The normalized spacial score (nSPS) is 16.8. The second-order valence-corrected chi connectivity index (χ2v) is 9.55. The Kier molecular flexibility index (Phi) is 7.11. The maximum Gasteiger partial charge on any atom is 0.243 e. The molecule has 2 aromatic rings. The van der Waals surface area contributed by atoms with E-state index < -0.39 is 15.9 Å². The third-order valence-electron chi connectivity index (χ3n) is 5.11. The number of aryl methyl sites for hydroxylation is 1. The summed E-state index contributed by atoms with van der Waals surface area (Å²) in [7, 11) is -3.59. The number of amides is 2. The highest BCUT2D eigenvalue weighted by Gasteiger charge is 2.35. The summed E-state index contributed by atoms with van der Waals surface area (Å²) in [6.07, 6.45) is 1.54. The highest BCUT2D eigenvalue weighted by molar-refractivity contribution is 7.89. The second kappa shape index (κ2) is 9.61. The molecule has 10 heteroatoms. The summed E-state index contributed by atoms with van der Waals surface area (Å²) in [5.41, 5.74) is 0.564. The van der Waals surface area contributed by atoms with Crippen LogP contribution < -0.4 is 10.2 Å².